The van der Waals surface area contributed by atoms with Gasteiger partial charge in [-0.05, 0) is 43.5 Å². The number of fused-ring (bicyclic) bond motifs is 1. The first-order valence-electron chi connectivity index (χ1n) is 7.26. The number of carbonyl (C=O) groups excluding carboxylic acids is 1. The lowest BCUT2D eigenvalue weighted by Crippen LogP contribution is -2.54. The first-order valence-corrected chi connectivity index (χ1v) is 8.08. The molecule has 5 heteroatoms. The first-order chi connectivity index (χ1) is 10.1. The number of nitrogens with one attached hydrogen (secondary N) is 2. The molecule has 1 aliphatic heterocycles. The third kappa shape index (κ3) is 2.78. The van der Waals surface area contributed by atoms with Gasteiger partial charge in [-0.15, -0.1) is 11.3 Å². The molecular weight excluding hydrogens is 282 g/mol. The maximum atomic E-state index is 12.4. The number of hydrogen-bond acceptors (Lipinski definition) is 4. The normalized spacial score (nSPS) is 20.6. The molecule has 2 aromatic rings. The average molecular weight is 301 g/mol. The summed E-state index contributed by atoms with van der Waals surface area (Å²) in [5, 5.41) is 6.59. The fourth-order valence-electron chi connectivity index (χ4n) is 2.60. The number of pyridine rings is 1. The zero-order chi connectivity index (χ0) is 14.9. The van der Waals surface area contributed by atoms with Crippen molar-refractivity contribution in [3.8, 4) is 10.4 Å². The van der Waals surface area contributed by atoms with Gasteiger partial charge in [0.2, 0.25) is 0 Å². The van der Waals surface area contributed by atoms with Crippen LogP contribution in [-0.4, -0.2) is 16.6 Å². The first kappa shape index (κ1) is 14.1. The molecule has 0 aromatic carbocycles. The van der Waals surface area contributed by atoms with E-state index in [1.54, 1.807) is 12.4 Å². The predicted octanol–water partition coefficient (Wildman–Crippen LogP) is 3.87. The summed E-state index contributed by atoms with van der Waals surface area (Å²) in [4.78, 5) is 18.2. The lowest BCUT2D eigenvalue weighted by molar-refractivity contribution is 0.0907. The van der Waals surface area contributed by atoms with Gasteiger partial charge >= 0.3 is 0 Å². The SMILES string of the molecule is CCCCC1(C)NC(=O)c2sc(-c3ccncc3)cc2N1. The number of rotatable bonds is 4. The second-order valence-electron chi connectivity index (χ2n) is 5.60. The van der Waals surface area contributed by atoms with Gasteiger partial charge in [-0.3, -0.25) is 9.78 Å². The molecule has 1 unspecified atom stereocenters. The predicted molar refractivity (Wildman–Crippen MR) is 86.6 cm³/mol. The highest BCUT2D eigenvalue weighted by Gasteiger charge is 2.34. The van der Waals surface area contributed by atoms with E-state index < -0.39 is 0 Å². The van der Waals surface area contributed by atoms with Crippen LogP contribution in [0, 0.1) is 0 Å². The summed E-state index contributed by atoms with van der Waals surface area (Å²) in [5.74, 6) is 0.0210. The fourth-order valence-corrected chi connectivity index (χ4v) is 3.62. The van der Waals surface area contributed by atoms with Crippen molar-refractivity contribution in [2.24, 2.45) is 0 Å². The highest BCUT2D eigenvalue weighted by molar-refractivity contribution is 7.18. The topological polar surface area (TPSA) is 54.0 Å². The molecule has 0 bridgehead atoms. The largest absolute Gasteiger partial charge is 0.362 e. The van der Waals surface area contributed by atoms with Crippen LogP contribution in [0.2, 0.25) is 0 Å². The maximum Gasteiger partial charge on any atom is 0.265 e. The van der Waals surface area contributed by atoms with Crippen molar-refractivity contribution in [3.05, 3.63) is 35.5 Å². The van der Waals surface area contributed by atoms with E-state index in [0.29, 0.717) is 0 Å². The molecule has 2 N–H and O–H groups in total. The van der Waals surface area contributed by atoms with Gasteiger partial charge in [-0.2, -0.15) is 0 Å². The zero-order valence-electron chi connectivity index (χ0n) is 12.3. The van der Waals surface area contributed by atoms with E-state index in [1.165, 1.54) is 11.3 Å². The lowest BCUT2D eigenvalue weighted by atomic mass is 10.0. The number of unbranched alkanes of at least 4 members (excludes halogenated alkanes) is 1. The molecule has 0 saturated carbocycles. The van der Waals surface area contributed by atoms with Gasteiger partial charge in [0.05, 0.1) is 5.69 Å². The molecule has 0 spiro atoms. The summed E-state index contributed by atoms with van der Waals surface area (Å²) in [6.07, 6.45) is 6.67. The zero-order valence-corrected chi connectivity index (χ0v) is 13.1. The van der Waals surface area contributed by atoms with Gasteiger partial charge in [0.15, 0.2) is 0 Å². The Morgan fingerprint density at radius 3 is 2.76 bits per heavy atom. The van der Waals surface area contributed by atoms with E-state index in [4.69, 9.17) is 0 Å². The Balaban J connectivity index is 1.91. The van der Waals surface area contributed by atoms with Crippen LogP contribution in [-0.2, 0) is 0 Å². The van der Waals surface area contributed by atoms with Gasteiger partial charge in [0.25, 0.3) is 5.91 Å². The molecule has 2 aromatic heterocycles. The molecule has 3 heterocycles. The number of carbonyl (C=O) groups is 1. The second kappa shape index (κ2) is 5.48. The Hall–Kier alpha value is -1.88. The Bertz CT molecular complexity index is 653. The van der Waals surface area contributed by atoms with Gasteiger partial charge in [-0.1, -0.05) is 13.3 Å². The van der Waals surface area contributed by atoms with Gasteiger partial charge in [0, 0.05) is 17.3 Å². The van der Waals surface area contributed by atoms with Crippen LogP contribution in [0.5, 0.6) is 0 Å². The molecule has 1 atom stereocenters. The van der Waals surface area contributed by atoms with Gasteiger partial charge in [-0.25, -0.2) is 0 Å². The number of amides is 1. The van der Waals surface area contributed by atoms with Crippen LogP contribution >= 0.6 is 11.3 Å². The van der Waals surface area contributed by atoms with Crippen molar-refractivity contribution in [1.29, 1.82) is 0 Å². The molecule has 1 amide bonds. The molecule has 3 rings (SSSR count). The van der Waals surface area contributed by atoms with E-state index in [0.717, 1.165) is 40.3 Å². The minimum Gasteiger partial charge on any atom is -0.362 e. The highest BCUT2D eigenvalue weighted by Crippen LogP contribution is 2.38. The molecule has 1 aliphatic rings. The van der Waals surface area contributed by atoms with E-state index >= 15 is 0 Å². The quantitative estimate of drug-likeness (QED) is 0.901. The average Bonchev–Trinajstić information content (AvgIpc) is 2.90. The molecule has 0 saturated heterocycles. The smallest absolute Gasteiger partial charge is 0.265 e. The summed E-state index contributed by atoms with van der Waals surface area (Å²) in [6.45, 7) is 4.21. The summed E-state index contributed by atoms with van der Waals surface area (Å²) in [5.41, 5.74) is 1.68. The molecule has 110 valence electrons. The van der Waals surface area contributed by atoms with E-state index in [1.807, 2.05) is 19.1 Å². The van der Waals surface area contributed by atoms with Crippen molar-refractivity contribution >= 4 is 22.9 Å². The Labute approximate surface area is 128 Å². The standard InChI is InChI=1S/C16H19N3OS/c1-3-4-7-16(2)18-12-10-13(11-5-8-17-9-6-11)21-14(12)15(20)19-16/h5-6,8-10,18H,3-4,7H2,1-2H3,(H,19,20). The lowest BCUT2D eigenvalue weighted by Gasteiger charge is -2.36. The van der Waals surface area contributed by atoms with E-state index in [2.05, 4.69) is 28.6 Å². The molecule has 4 nitrogen and oxygen atoms in total. The van der Waals surface area contributed by atoms with Crippen LogP contribution in [0.4, 0.5) is 5.69 Å². The Morgan fingerprint density at radius 1 is 1.29 bits per heavy atom. The van der Waals surface area contributed by atoms with Crippen LogP contribution in [0.1, 0.15) is 42.8 Å². The molecule has 0 radical (unpaired) electrons. The van der Waals surface area contributed by atoms with Crippen molar-refractivity contribution in [2.75, 3.05) is 5.32 Å². The molecule has 0 fully saturated rings. The molecule has 0 aliphatic carbocycles. The summed E-state index contributed by atoms with van der Waals surface area (Å²) >= 11 is 1.52. The minimum atomic E-state index is -0.351. The second-order valence-corrected chi connectivity index (χ2v) is 6.66. The number of nitrogens with zero attached hydrogens (tertiary/aromatic N) is 1. The van der Waals surface area contributed by atoms with Crippen molar-refractivity contribution in [1.82, 2.24) is 10.3 Å². The fraction of sp³-hybridized carbons (Fsp3) is 0.375. The monoisotopic (exact) mass is 301 g/mol. The summed E-state index contributed by atoms with van der Waals surface area (Å²) in [6, 6.07) is 6.00. The van der Waals surface area contributed by atoms with Crippen LogP contribution in [0.3, 0.4) is 0 Å². The number of anilines is 1. The molecular formula is C16H19N3OS. The maximum absolute atomic E-state index is 12.4. The van der Waals surface area contributed by atoms with Crippen molar-refractivity contribution < 1.29 is 4.79 Å². The van der Waals surface area contributed by atoms with Crippen LogP contribution in [0.25, 0.3) is 10.4 Å². The highest BCUT2D eigenvalue weighted by atomic mass is 32.1. The van der Waals surface area contributed by atoms with E-state index in [9.17, 15) is 4.79 Å². The van der Waals surface area contributed by atoms with Gasteiger partial charge < -0.3 is 10.6 Å². The number of thiophene rings is 1. The third-order valence-electron chi connectivity index (χ3n) is 3.73. The van der Waals surface area contributed by atoms with Crippen LogP contribution < -0.4 is 10.6 Å². The number of aromatic nitrogens is 1. The number of hydrogen-bond donors (Lipinski definition) is 2. The van der Waals surface area contributed by atoms with E-state index in [-0.39, 0.29) is 11.6 Å². The van der Waals surface area contributed by atoms with Crippen LogP contribution in [0.15, 0.2) is 30.6 Å². The van der Waals surface area contributed by atoms with Gasteiger partial charge in [0.1, 0.15) is 10.5 Å². The Kier molecular flexibility index (Phi) is 3.68. The third-order valence-corrected chi connectivity index (χ3v) is 4.92. The van der Waals surface area contributed by atoms with Crippen molar-refractivity contribution in [2.45, 2.75) is 38.8 Å². The molecule has 21 heavy (non-hydrogen) atoms. The van der Waals surface area contributed by atoms with Crippen molar-refractivity contribution in [3.63, 3.8) is 0 Å². The minimum absolute atomic E-state index is 0.0210. The summed E-state index contributed by atoms with van der Waals surface area (Å²) in [7, 11) is 0. The Morgan fingerprint density at radius 2 is 2.05 bits per heavy atom. The summed E-state index contributed by atoms with van der Waals surface area (Å²) < 4.78 is 0.